The van der Waals surface area contributed by atoms with Crippen molar-refractivity contribution in [3.05, 3.63) is 35.8 Å². The van der Waals surface area contributed by atoms with Crippen LogP contribution in [0, 0.1) is 16.7 Å². The summed E-state index contributed by atoms with van der Waals surface area (Å²) in [7, 11) is 0. The standard InChI is InChI=1S/C22H28O5/c1-14-6-5-8-22-19(4)12-21(27-22,17-7-9-24-11-17)25-13-20(14,22)18(10-15(19)2)26-16(3)23/h6-7,9,11,15,18H,5,8,10,12-13H2,1-4H3/t15-,18+,19+,20+,21-,22?/m0/s1. The van der Waals surface area contributed by atoms with Gasteiger partial charge in [-0.15, -0.1) is 0 Å². The summed E-state index contributed by atoms with van der Waals surface area (Å²) in [6, 6.07) is 1.95. The Bertz CT molecular complexity index is 813. The molecule has 5 nitrogen and oxygen atoms in total. The highest BCUT2D eigenvalue weighted by Gasteiger charge is 2.80. The van der Waals surface area contributed by atoms with Crippen molar-refractivity contribution >= 4 is 5.97 Å². The number of hydrogen-bond acceptors (Lipinski definition) is 5. The highest BCUT2D eigenvalue weighted by Crippen LogP contribution is 2.75. The summed E-state index contributed by atoms with van der Waals surface area (Å²) in [6.45, 7) is 8.78. The van der Waals surface area contributed by atoms with Gasteiger partial charge in [-0.25, -0.2) is 0 Å². The largest absolute Gasteiger partial charge is 0.472 e. The van der Waals surface area contributed by atoms with Crippen LogP contribution < -0.4 is 0 Å². The molecular weight excluding hydrogens is 344 g/mol. The maximum atomic E-state index is 12.0. The smallest absolute Gasteiger partial charge is 0.302 e. The van der Waals surface area contributed by atoms with Gasteiger partial charge in [0.25, 0.3) is 0 Å². The monoisotopic (exact) mass is 372 g/mol. The Morgan fingerprint density at radius 3 is 2.89 bits per heavy atom. The van der Waals surface area contributed by atoms with E-state index in [1.165, 1.54) is 12.5 Å². The number of carbonyl (C=O) groups excluding carboxylic acids is 1. The summed E-state index contributed by atoms with van der Waals surface area (Å²) in [5.74, 6) is -0.665. The maximum Gasteiger partial charge on any atom is 0.302 e. The average Bonchev–Trinajstić information content (AvgIpc) is 3.21. The summed E-state index contributed by atoms with van der Waals surface area (Å²) in [5, 5.41) is 0. The van der Waals surface area contributed by atoms with Crippen LogP contribution in [-0.4, -0.2) is 24.3 Å². The highest BCUT2D eigenvalue weighted by atomic mass is 16.7. The number of carbonyl (C=O) groups is 1. The molecule has 5 rings (SSSR count). The number of furan rings is 1. The summed E-state index contributed by atoms with van der Waals surface area (Å²) in [4.78, 5) is 12.0. The van der Waals surface area contributed by atoms with E-state index in [0.717, 1.165) is 31.2 Å². The fourth-order valence-electron chi connectivity index (χ4n) is 6.79. The molecule has 3 fully saturated rings. The zero-order valence-electron chi connectivity index (χ0n) is 16.5. The first-order chi connectivity index (χ1) is 12.8. The third kappa shape index (κ3) is 1.85. The lowest BCUT2D eigenvalue weighted by molar-refractivity contribution is -0.370. The first-order valence-electron chi connectivity index (χ1n) is 10.0. The number of rotatable bonds is 2. The van der Waals surface area contributed by atoms with Crippen molar-refractivity contribution < 1.29 is 23.4 Å². The number of fused-ring (bicyclic) bond motifs is 1. The van der Waals surface area contributed by atoms with Gasteiger partial charge in [-0.3, -0.25) is 4.79 Å². The maximum absolute atomic E-state index is 12.0. The van der Waals surface area contributed by atoms with E-state index in [-0.39, 0.29) is 17.5 Å². The Hall–Kier alpha value is -1.59. The van der Waals surface area contributed by atoms with Gasteiger partial charge in [0.15, 0.2) is 5.79 Å². The molecule has 3 heterocycles. The second-order valence-electron chi connectivity index (χ2n) is 9.21. The van der Waals surface area contributed by atoms with Gasteiger partial charge in [0.2, 0.25) is 0 Å². The molecule has 1 aromatic heterocycles. The predicted octanol–water partition coefficient (Wildman–Crippen LogP) is 4.33. The number of ether oxygens (including phenoxy) is 3. The van der Waals surface area contributed by atoms with Crippen molar-refractivity contribution in [2.45, 2.75) is 70.9 Å². The Kier molecular flexibility index (Phi) is 3.41. The molecule has 0 aromatic carbocycles. The van der Waals surface area contributed by atoms with Gasteiger partial charge in [0, 0.05) is 24.3 Å². The quantitative estimate of drug-likeness (QED) is 0.571. The van der Waals surface area contributed by atoms with Crippen LogP contribution in [0.5, 0.6) is 0 Å². The average molecular weight is 372 g/mol. The van der Waals surface area contributed by atoms with Gasteiger partial charge in [-0.2, -0.15) is 0 Å². The molecule has 4 aliphatic rings. The second kappa shape index (κ2) is 5.26. The van der Waals surface area contributed by atoms with Crippen LogP contribution in [0.4, 0.5) is 0 Å². The number of hydrogen-bond donors (Lipinski definition) is 0. The molecule has 2 bridgehead atoms. The fourth-order valence-corrected chi connectivity index (χ4v) is 6.79. The summed E-state index contributed by atoms with van der Waals surface area (Å²) in [6.07, 6.45) is 9.00. The van der Waals surface area contributed by atoms with Crippen molar-refractivity contribution in [2.24, 2.45) is 16.7 Å². The first kappa shape index (κ1) is 17.5. The molecule has 2 aliphatic carbocycles. The Labute approximate surface area is 160 Å². The van der Waals surface area contributed by atoms with Crippen LogP contribution in [0.1, 0.15) is 58.9 Å². The molecule has 2 saturated heterocycles. The lowest BCUT2D eigenvalue weighted by atomic mass is 9.44. The van der Waals surface area contributed by atoms with E-state index in [1.807, 2.05) is 6.07 Å². The molecule has 146 valence electrons. The van der Waals surface area contributed by atoms with Crippen LogP contribution in [0.2, 0.25) is 0 Å². The minimum atomic E-state index is -0.776. The summed E-state index contributed by atoms with van der Waals surface area (Å²) in [5.41, 5.74) is 1.27. The third-order valence-electron chi connectivity index (χ3n) is 8.24. The zero-order chi connectivity index (χ0) is 19.1. The molecule has 2 aliphatic heterocycles. The lowest BCUT2D eigenvalue weighted by Gasteiger charge is -2.65. The minimum Gasteiger partial charge on any atom is -0.472 e. The van der Waals surface area contributed by atoms with Crippen molar-refractivity contribution in [2.75, 3.05) is 6.61 Å². The molecule has 1 spiro atoms. The molecular formula is C22H28O5. The molecule has 0 N–H and O–H groups in total. The normalized spacial score (nSPS) is 47.9. The fraction of sp³-hybridized carbons (Fsp3) is 0.682. The van der Waals surface area contributed by atoms with Gasteiger partial charge in [-0.1, -0.05) is 25.5 Å². The Balaban J connectivity index is 1.73. The molecule has 0 amide bonds. The van der Waals surface area contributed by atoms with Gasteiger partial charge in [0.05, 0.1) is 30.1 Å². The van der Waals surface area contributed by atoms with Crippen LogP contribution in [-0.2, 0) is 24.8 Å². The van der Waals surface area contributed by atoms with Crippen molar-refractivity contribution in [3.8, 4) is 0 Å². The van der Waals surface area contributed by atoms with E-state index >= 15 is 0 Å². The van der Waals surface area contributed by atoms with E-state index in [2.05, 4.69) is 26.8 Å². The van der Waals surface area contributed by atoms with Crippen molar-refractivity contribution in [1.29, 1.82) is 0 Å². The predicted molar refractivity (Wildman–Crippen MR) is 97.6 cm³/mol. The molecule has 0 radical (unpaired) electrons. The number of allylic oxidation sites excluding steroid dienone is 1. The molecule has 27 heavy (non-hydrogen) atoms. The number of esters is 1. The Morgan fingerprint density at radius 1 is 1.37 bits per heavy atom. The van der Waals surface area contributed by atoms with Crippen molar-refractivity contribution in [1.82, 2.24) is 0 Å². The molecule has 1 unspecified atom stereocenters. The van der Waals surface area contributed by atoms with Gasteiger partial charge >= 0.3 is 5.97 Å². The highest BCUT2D eigenvalue weighted by molar-refractivity contribution is 5.66. The molecule has 1 saturated carbocycles. The van der Waals surface area contributed by atoms with E-state index in [0.29, 0.717) is 12.5 Å². The van der Waals surface area contributed by atoms with Gasteiger partial charge < -0.3 is 18.6 Å². The van der Waals surface area contributed by atoms with Crippen LogP contribution >= 0.6 is 0 Å². The van der Waals surface area contributed by atoms with E-state index in [4.69, 9.17) is 18.6 Å². The van der Waals surface area contributed by atoms with Crippen molar-refractivity contribution in [3.63, 3.8) is 0 Å². The first-order valence-corrected chi connectivity index (χ1v) is 10.0. The SMILES string of the molecule is CC(=O)O[C@@H]1C[C@H](C)[C@@]2(C)C[C@]3(c4ccoc4)OC[C@@]14C(C)=CCCC24O3. The topological polar surface area (TPSA) is 57.9 Å². The minimum absolute atomic E-state index is 0.0764. The zero-order valence-corrected chi connectivity index (χ0v) is 16.5. The van der Waals surface area contributed by atoms with Crippen LogP contribution in [0.25, 0.3) is 0 Å². The summed E-state index contributed by atoms with van der Waals surface area (Å²) < 4.78 is 24.9. The van der Waals surface area contributed by atoms with Gasteiger partial charge in [0.1, 0.15) is 6.10 Å². The third-order valence-corrected chi connectivity index (χ3v) is 8.24. The lowest BCUT2D eigenvalue weighted by Crippen LogP contribution is -2.72. The molecule has 6 atom stereocenters. The van der Waals surface area contributed by atoms with Gasteiger partial charge in [-0.05, 0) is 38.2 Å². The molecule has 1 aromatic rings. The van der Waals surface area contributed by atoms with E-state index < -0.39 is 16.8 Å². The van der Waals surface area contributed by atoms with Crippen LogP contribution in [0.3, 0.4) is 0 Å². The molecule has 5 heteroatoms. The summed E-state index contributed by atoms with van der Waals surface area (Å²) >= 11 is 0. The van der Waals surface area contributed by atoms with E-state index in [9.17, 15) is 4.79 Å². The van der Waals surface area contributed by atoms with E-state index in [1.54, 1.807) is 12.5 Å². The Morgan fingerprint density at radius 2 is 2.19 bits per heavy atom. The van der Waals surface area contributed by atoms with Crippen LogP contribution in [0.15, 0.2) is 34.7 Å². The second-order valence-corrected chi connectivity index (χ2v) is 9.21.